The lowest BCUT2D eigenvalue weighted by Crippen LogP contribution is -2.34. The van der Waals surface area contributed by atoms with Gasteiger partial charge in [-0.1, -0.05) is 6.92 Å². The highest BCUT2D eigenvalue weighted by molar-refractivity contribution is 5.91. The molecule has 0 aliphatic carbocycles. The van der Waals surface area contributed by atoms with Crippen LogP contribution in [0.5, 0.6) is 0 Å². The van der Waals surface area contributed by atoms with Gasteiger partial charge in [-0.3, -0.25) is 4.79 Å². The third kappa shape index (κ3) is 4.67. The number of carbonyl (C=O) groups is 1. The molecule has 0 spiro atoms. The Labute approximate surface area is 125 Å². The minimum atomic E-state index is -0.0731. The Kier molecular flexibility index (Phi) is 5.92. The number of ether oxygens (including phenoxy) is 1. The lowest BCUT2D eigenvalue weighted by atomic mass is 10.00. The van der Waals surface area contributed by atoms with Crippen molar-refractivity contribution in [3.63, 3.8) is 0 Å². The van der Waals surface area contributed by atoms with Crippen molar-refractivity contribution in [1.29, 1.82) is 0 Å². The number of hydrogen-bond donors (Lipinski definition) is 1. The van der Waals surface area contributed by atoms with Crippen molar-refractivity contribution < 1.29 is 9.53 Å². The third-order valence-electron chi connectivity index (χ3n) is 3.65. The van der Waals surface area contributed by atoms with Crippen molar-refractivity contribution in [3.05, 3.63) is 18.1 Å². The van der Waals surface area contributed by atoms with Crippen LogP contribution in [0.4, 0.5) is 5.82 Å². The first-order valence-corrected chi connectivity index (χ1v) is 7.59. The van der Waals surface area contributed by atoms with E-state index in [2.05, 4.69) is 22.2 Å². The number of carbonyl (C=O) groups excluding carboxylic acids is 1. The van der Waals surface area contributed by atoms with E-state index in [0.717, 1.165) is 45.6 Å². The average Bonchev–Trinajstić information content (AvgIpc) is 2.53. The molecular weight excluding hydrogens is 268 g/mol. The van der Waals surface area contributed by atoms with Crippen LogP contribution in [-0.2, 0) is 4.74 Å². The van der Waals surface area contributed by atoms with Gasteiger partial charge in [-0.05, 0) is 25.2 Å². The molecule has 0 unspecified atom stereocenters. The average molecular weight is 292 g/mol. The first-order valence-electron chi connectivity index (χ1n) is 7.59. The topological polar surface area (TPSA) is 67.4 Å². The van der Waals surface area contributed by atoms with Gasteiger partial charge in [0.05, 0.1) is 12.4 Å². The van der Waals surface area contributed by atoms with E-state index >= 15 is 0 Å². The fourth-order valence-electron chi connectivity index (χ4n) is 2.38. The molecule has 0 bridgehead atoms. The van der Waals surface area contributed by atoms with Gasteiger partial charge in [0.2, 0.25) is 0 Å². The fourth-order valence-corrected chi connectivity index (χ4v) is 2.38. The predicted octanol–water partition coefficient (Wildman–Crippen LogP) is 1.80. The summed E-state index contributed by atoms with van der Waals surface area (Å²) >= 11 is 0. The van der Waals surface area contributed by atoms with E-state index in [1.54, 1.807) is 17.3 Å². The fraction of sp³-hybridized carbons (Fsp3) is 0.667. The van der Waals surface area contributed by atoms with Crippen molar-refractivity contribution in [3.8, 4) is 0 Å². The van der Waals surface area contributed by atoms with E-state index in [0.29, 0.717) is 17.4 Å². The van der Waals surface area contributed by atoms with Crippen molar-refractivity contribution in [1.82, 2.24) is 14.9 Å². The van der Waals surface area contributed by atoms with Gasteiger partial charge in [-0.15, -0.1) is 0 Å². The van der Waals surface area contributed by atoms with Crippen molar-refractivity contribution >= 4 is 11.7 Å². The number of nitrogens with zero attached hydrogens (tertiary/aromatic N) is 3. The number of nitrogens with one attached hydrogen (secondary N) is 1. The summed E-state index contributed by atoms with van der Waals surface area (Å²) in [5, 5.41) is 3.14. The molecule has 1 aliphatic heterocycles. The molecule has 0 atom stereocenters. The quantitative estimate of drug-likeness (QED) is 0.866. The molecule has 1 saturated heterocycles. The van der Waals surface area contributed by atoms with E-state index in [4.69, 9.17) is 4.74 Å². The molecule has 6 nitrogen and oxygen atoms in total. The smallest absolute Gasteiger partial charge is 0.273 e. The molecule has 1 aromatic rings. The lowest BCUT2D eigenvalue weighted by Gasteiger charge is -2.26. The summed E-state index contributed by atoms with van der Waals surface area (Å²) in [6, 6.07) is 0. The zero-order valence-corrected chi connectivity index (χ0v) is 12.8. The first kappa shape index (κ1) is 15.7. The Morgan fingerprint density at radius 2 is 2.14 bits per heavy atom. The summed E-state index contributed by atoms with van der Waals surface area (Å²) in [6.45, 7) is 5.28. The van der Waals surface area contributed by atoms with Crippen LogP contribution >= 0.6 is 0 Å². The monoisotopic (exact) mass is 292 g/mol. The number of hydrogen-bond acceptors (Lipinski definition) is 5. The van der Waals surface area contributed by atoms with Gasteiger partial charge in [0.1, 0.15) is 11.5 Å². The molecule has 21 heavy (non-hydrogen) atoms. The van der Waals surface area contributed by atoms with Gasteiger partial charge in [-0.2, -0.15) is 0 Å². The van der Waals surface area contributed by atoms with Crippen LogP contribution in [0.2, 0.25) is 0 Å². The van der Waals surface area contributed by atoms with Gasteiger partial charge >= 0.3 is 0 Å². The Bertz CT molecular complexity index is 443. The molecule has 1 aliphatic rings. The van der Waals surface area contributed by atoms with Crippen LogP contribution < -0.4 is 5.32 Å². The van der Waals surface area contributed by atoms with Crippen LogP contribution in [0.1, 0.15) is 36.7 Å². The van der Waals surface area contributed by atoms with E-state index in [1.807, 2.05) is 7.05 Å². The lowest BCUT2D eigenvalue weighted by molar-refractivity contribution is 0.0495. The molecular formula is C15H24N4O2. The van der Waals surface area contributed by atoms with Crippen LogP contribution in [0.15, 0.2) is 12.4 Å². The van der Waals surface area contributed by atoms with Gasteiger partial charge in [-0.25, -0.2) is 9.97 Å². The Morgan fingerprint density at radius 1 is 1.38 bits per heavy atom. The zero-order valence-electron chi connectivity index (χ0n) is 12.8. The summed E-state index contributed by atoms with van der Waals surface area (Å²) in [5.74, 6) is 1.16. The highest BCUT2D eigenvalue weighted by Gasteiger charge is 2.20. The second kappa shape index (κ2) is 7.93. The second-order valence-corrected chi connectivity index (χ2v) is 5.46. The number of rotatable bonds is 6. The molecule has 2 heterocycles. The summed E-state index contributed by atoms with van der Waals surface area (Å²) in [7, 11) is 1.82. The summed E-state index contributed by atoms with van der Waals surface area (Å²) in [4.78, 5) is 22.5. The van der Waals surface area contributed by atoms with E-state index in [9.17, 15) is 4.79 Å². The molecule has 0 saturated carbocycles. The van der Waals surface area contributed by atoms with Crippen molar-refractivity contribution in [2.75, 3.05) is 38.7 Å². The zero-order chi connectivity index (χ0) is 15.1. The molecule has 6 heteroatoms. The molecule has 1 fully saturated rings. The minimum absolute atomic E-state index is 0.0731. The van der Waals surface area contributed by atoms with E-state index in [-0.39, 0.29) is 5.91 Å². The first-order chi connectivity index (χ1) is 10.2. The Hall–Kier alpha value is -1.69. The molecule has 0 radical (unpaired) electrons. The van der Waals surface area contributed by atoms with E-state index in [1.165, 1.54) is 0 Å². The third-order valence-corrected chi connectivity index (χ3v) is 3.65. The maximum atomic E-state index is 12.3. The highest BCUT2D eigenvalue weighted by atomic mass is 16.5. The molecule has 2 rings (SSSR count). The highest BCUT2D eigenvalue weighted by Crippen LogP contribution is 2.16. The number of amides is 1. The van der Waals surface area contributed by atoms with Gasteiger partial charge in [0.15, 0.2) is 0 Å². The summed E-state index contributed by atoms with van der Waals surface area (Å²) in [6.07, 6.45) is 6.22. The Balaban J connectivity index is 1.88. The van der Waals surface area contributed by atoms with Crippen LogP contribution in [0.3, 0.4) is 0 Å². The molecule has 1 N–H and O–H groups in total. The maximum Gasteiger partial charge on any atom is 0.273 e. The van der Waals surface area contributed by atoms with Crippen LogP contribution in [0, 0.1) is 5.92 Å². The molecule has 1 aromatic heterocycles. The molecule has 0 aromatic carbocycles. The normalized spacial score (nSPS) is 15.7. The van der Waals surface area contributed by atoms with Crippen LogP contribution in [-0.4, -0.2) is 54.1 Å². The molecule has 116 valence electrons. The van der Waals surface area contributed by atoms with Gasteiger partial charge < -0.3 is 15.0 Å². The SMILES string of the molecule is CCCNc1cnc(C(=O)N(C)CC2CCOCC2)cn1. The number of anilines is 1. The largest absolute Gasteiger partial charge is 0.381 e. The second-order valence-electron chi connectivity index (χ2n) is 5.46. The number of aromatic nitrogens is 2. The molecule has 1 amide bonds. The summed E-state index contributed by atoms with van der Waals surface area (Å²) in [5.41, 5.74) is 0.395. The van der Waals surface area contributed by atoms with Gasteiger partial charge in [0, 0.05) is 33.4 Å². The van der Waals surface area contributed by atoms with Crippen molar-refractivity contribution in [2.45, 2.75) is 26.2 Å². The van der Waals surface area contributed by atoms with E-state index < -0.39 is 0 Å². The maximum absolute atomic E-state index is 12.3. The van der Waals surface area contributed by atoms with Gasteiger partial charge in [0.25, 0.3) is 5.91 Å². The van der Waals surface area contributed by atoms with Crippen molar-refractivity contribution in [2.24, 2.45) is 5.92 Å². The standard InChI is InChI=1S/C15H24N4O2/c1-3-6-16-14-10-17-13(9-18-14)15(20)19(2)11-12-4-7-21-8-5-12/h9-10,12H,3-8,11H2,1-2H3,(H,16,18). The Morgan fingerprint density at radius 3 is 2.76 bits per heavy atom. The van der Waals surface area contributed by atoms with Crippen LogP contribution in [0.25, 0.3) is 0 Å². The minimum Gasteiger partial charge on any atom is -0.381 e. The predicted molar refractivity (Wildman–Crippen MR) is 81.3 cm³/mol. The summed E-state index contributed by atoms with van der Waals surface area (Å²) < 4.78 is 5.34.